The maximum Gasteiger partial charge on any atom is 0.335 e. The fourth-order valence-electron chi connectivity index (χ4n) is 1.68. The van der Waals surface area contributed by atoms with Gasteiger partial charge in [-0.1, -0.05) is 6.07 Å². The summed E-state index contributed by atoms with van der Waals surface area (Å²) in [6, 6.07) is 7.32. The quantitative estimate of drug-likeness (QED) is 0.790. The molecule has 0 aliphatic carbocycles. The second-order valence-electron chi connectivity index (χ2n) is 4.20. The molecule has 2 aromatic rings. The third-order valence-electron chi connectivity index (χ3n) is 2.80. The number of aromatic nitrogens is 1. The molecule has 6 heteroatoms. The molecule has 1 heterocycles. The van der Waals surface area contributed by atoms with Crippen LogP contribution in [0.3, 0.4) is 0 Å². The van der Waals surface area contributed by atoms with Gasteiger partial charge in [0.25, 0.3) is 11.5 Å². The van der Waals surface area contributed by atoms with Crippen LogP contribution in [0.15, 0.2) is 41.3 Å². The monoisotopic (exact) mass is 272 g/mol. The third kappa shape index (κ3) is 2.74. The maximum atomic E-state index is 12.0. The van der Waals surface area contributed by atoms with Crippen molar-refractivity contribution in [3.63, 3.8) is 0 Å². The lowest BCUT2D eigenvalue weighted by molar-refractivity contribution is 0.0696. The van der Waals surface area contributed by atoms with Crippen LogP contribution in [0.2, 0.25) is 0 Å². The largest absolute Gasteiger partial charge is 0.478 e. The molecule has 1 aromatic carbocycles. The Morgan fingerprint density at radius 1 is 1.25 bits per heavy atom. The maximum absolute atomic E-state index is 12.0. The molecule has 0 aliphatic rings. The Balaban J connectivity index is 2.33. The number of nitrogens with one attached hydrogen (secondary N) is 2. The Morgan fingerprint density at radius 3 is 2.65 bits per heavy atom. The van der Waals surface area contributed by atoms with Gasteiger partial charge in [-0.15, -0.1) is 0 Å². The molecule has 1 amide bonds. The predicted octanol–water partition coefficient (Wildman–Crippen LogP) is 1.63. The van der Waals surface area contributed by atoms with Crippen molar-refractivity contribution in [1.82, 2.24) is 4.98 Å². The van der Waals surface area contributed by atoms with Crippen molar-refractivity contribution in [3.05, 3.63) is 63.6 Å². The molecule has 0 fully saturated rings. The van der Waals surface area contributed by atoms with E-state index in [1.54, 1.807) is 13.0 Å². The number of aromatic carboxylic acids is 1. The van der Waals surface area contributed by atoms with E-state index in [0.29, 0.717) is 11.3 Å². The fourth-order valence-corrected chi connectivity index (χ4v) is 1.68. The average Bonchev–Trinajstić information content (AvgIpc) is 2.41. The number of anilines is 1. The molecular weight excluding hydrogens is 260 g/mol. The van der Waals surface area contributed by atoms with Crippen LogP contribution in [-0.4, -0.2) is 22.0 Å². The first-order valence-corrected chi connectivity index (χ1v) is 5.82. The molecule has 3 N–H and O–H groups in total. The third-order valence-corrected chi connectivity index (χ3v) is 2.80. The lowest BCUT2D eigenvalue weighted by Crippen LogP contribution is -2.22. The van der Waals surface area contributed by atoms with Gasteiger partial charge < -0.3 is 15.4 Å². The van der Waals surface area contributed by atoms with Crippen LogP contribution in [0.5, 0.6) is 0 Å². The van der Waals surface area contributed by atoms with E-state index < -0.39 is 17.4 Å². The van der Waals surface area contributed by atoms with Crippen molar-refractivity contribution in [2.75, 3.05) is 5.32 Å². The summed E-state index contributed by atoms with van der Waals surface area (Å²) in [5.74, 6) is -1.67. The zero-order valence-corrected chi connectivity index (χ0v) is 10.6. The highest BCUT2D eigenvalue weighted by molar-refractivity contribution is 6.05. The van der Waals surface area contributed by atoms with E-state index in [4.69, 9.17) is 5.11 Å². The van der Waals surface area contributed by atoms with Crippen molar-refractivity contribution < 1.29 is 14.7 Å². The number of hydrogen-bond acceptors (Lipinski definition) is 3. The number of H-pyrrole nitrogens is 1. The molecule has 0 aliphatic heterocycles. The molecule has 1 aromatic heterocycles. The van der Waals surface area contributed by atoms with Gasteiger partial charge in [0, 0.05) is 11.9 Å². The number of benzene rings is 1. The molecular formula is C14H12N2O4. The second-order valence-corrected chi connectivity index (χ2v) is 4.20. The summed E-state index contributed by atoms with van der Waals surface area (Å²) >= 11 is 0. The van der Waals surface area contributed by atoms with Gasteiger partial charge >= 0.3 is 5.97 Å². The highest BCUT2D eigenvalue weighted by atomic mass is 16.4. The van der Waals surface area contributed by atoms with Gasteiger partial charge in [-0.2, -0.15) is 0 Å². The first kappa shape index (κ1) is 13.5. The van der Waals surface area contributed by atoms with E-state index in [1.165, 1.54) is 30.5 Å². The summed E-state index contributed by atoms with van der Waals surface area (Å²) < 4.78 is 0. The number of amides is 1. The normalized spacial score (nSPS) is 10.1. The number of carbonyl (C=O) groups excluding carboxylic acids is 1. The first-order chi connectivity index (χ1) is 9.49. The van der Waals surface area contributed by atoms with Crippen LogP contribution in [0.1, 0.15) is 26.3 Å². The van der Waals surface area contributed by atoms with Gasteiger partial charge in [-0.25, -0.2) is 4.79 Å². The molecule has 2 rings (SSSR count). The van der Waals surface area contributed by atoms with Gasteiger partial charge in [0.2, 0.25) is 0 Å². The Bertz CT molecular complexity index is 734. The van der Waals surface area contributed by atoms with E-state index in [1.807, 2.05) is 0 Å². The van der Waals surface area contributed by atoms with Gasteiger partial charge in [0.15, 0.2) is 0 Å². The van der Waals surface area contributed by atoms with E-state index in [-0.39, 0.29) is 11.1 Å². The van der Waals surface area contributed by atoms with Crippen molar-refractivity contribution in [1.29, 1.82) is 0 Å². The molecule has 20 heavy (non-hydrogen) atoms. The summed E-state index contributed by atoms with van der Waals surface area (Å²) in [6.45, 7) is 1.73. The minimum Gasteiger partial charge on any atom is -0.478 e. The van der Waals surface area contributed by atoms with E-state index in [9.17, 15) is 14.4 Å². The number of aromatic amines is 1. The van der Waals surface area contributed by atoms with E-state index in [2.05, 4.69) is 10.3 Å². The lowest BCUT2D eigenvalue weighted by atomic mass is 10.1. The average molecular weight is 272 g/mol. The zero-order chi connectivity index (χ0) is 14.7. The molecule has 0 radical (unpaired) electrons. The SMILES string of the molecule is Cc1ccc(C(=O)O)cc1NC(=O)c1ccc[nH]c1=O. The standard InChI is InChI=1S/C14H12N2O4/c1-8-4-5-9(14(19)20)7-11(8)16-13(18)10-3-2-6-15-12(10)17/h2-7H,1H3,(H,15,17)(H,16,18)(H,19,20). The van der Waals surface area contributed by atoms with Gasteiger partial charge in [0.05, 0.1) is 5.56 Å². The van der Waals surface area contributed by atoms with Gasteiger partial charge in [-0.3, -0.25) is 9.59 Å². The predicted molar refractivity (Wildman–Crippen MR) is 73.2 cm³/mol. The zero-order valence-electron chi connectivity index (χ0n) is 10.6. The van der Waals surface area contributed by atoms with Crippen LogP contribution in [0.4, 0.5) is 5.69 Å². The summed E-state index contributed by atoms with van der Waals surface area (Å²) in [5.41, 5.74) is 0.589. The van der Waals surface area contributed by atoms with E-state index in [0.717, 1.165) is 0 Å². The molecule has 0 saturated heterocycles. The summed E-state index contributed by atoms with van der Waals surface area (Å²) in [5, 5.41) is 11.5. The fraction of sp³-hybridized carbons (Fsp3) is 0.0714. The molecule has 102 valence electrons. The number of carboxylic acids is 1. The number of hydrogen-bond donors (Lipinski definition) is 3. The minimum atomic E-state index is -1.09. The molecule has 0 unspecified atom stereocenters. The topological polar surface area (TPSA) is 99.3 Å². The van der Waals surface area contributed by atoms with Crippen molar-refractivity contribution in [2.24, 2.45) is 0 Å². The number of carboxylic acid groups (broad SMARTS) is 1. The Hall–Kier alpha value is -2.89. The van der Waals surface area contributed by atoms with Crippen LogP contribution < -0.4 is 10.9 Å². The number of aryl methyl sites for hydroxylation is 1. The molecule has 0 saturated carbocycles. The van der Waals surface area contributed by atoms with Crippen molar-refractivity contribution >= 4 is 17.6 Å². The number of carbonyl (C=O) groups is 2. The van der Waals surface area contributed by atoms with Crippen LogP contribution in [0.25, 0.3) is 0 Å². The Labute approximate surface area is 114 Å². The van der Waals surface area contributed by atoms with Crippen molar-refractivity contribution in [3.8, 4) is 0 Å². The highest BCUT2D eigenvalue weighted by Crippen LogP contribution is 2.17. The van der Waals surface area contributed by atoms with Gasteiger partial charge in [-0.05, 0) is 36.8 Å². The lowest BCUT2D eigenvalue weighted by Gasteiger charge is -2.08. The second kappa shape index (κ2) is 5.40. The molecule has 0 bridgehead atoms. The summed E-state index contributed by atoms with van der Waals surface area (Å²) in [6.07, 6.45) is 1.43. The van der Waals surface area contributed by atoms with E-state index >= 15 is 0 Å². The summed E-state index contributed by atoms with van der Waals surface area (Å²) in [7, 11) is 0. The van der Waals surface area contributed by atoms with Crippen molar-refractivity contribution in [2.45, 2.75) is 6.92 Å². The smallest absolute Gasteiger partial charge is 0.335 e. The van der Waals surface area contributed by atoms with Crippen LogP contribution >= 0.6 is 0 Å². The molecule has 0 atom stereocenters. The van der Waals surface area contributed by atoms with Gasteiger partial charge in [0.1, 0.15) is 5.56 Å². The molecule has 0 spiro atoms. The van der Waals surface area contributed by atoms with Crippen LogP contribution in [-0.2, 0) is 0 Å². The molecule has 6 nitrogen and oxygen atoms in total. The highest BCUT2D eigenvalue weighted by Gasteiger charge is 2.12. The first-order valence-electron chi connectivity index (χ1n) is 5.82. The minimum absolute atomic E-state index is 0.0346. The Kier molecular flexibility index (Phi) is 3.65. The summed E-state index contributed by atoms with van der Waals surface area (Å²) in [4.78, 5) is 36.8. The Morgan fingerprint density at radius 2 is 2.00 bits per heavy atom. The number of rotatable bonds is 3. The van der Waals surface area contributed by atoms with Crippen LogP contribution in [0, 0.1) is 6.92 Å². The number of pyridine rings is 1.